The summed E-state index contributed by atoms with van der Waals surface area (Å²) >= 11 is 0. The van der Waals surface area contributed by atoms with E-state index in [0.29, 0.717) is 22.9 Å². The van der Waals surface area contributed by atoms with Crippen LogP contribution in [0.25, 0.3) is 0 Å². The molecule has 0 aliphatic carbocycles. The van der Waals surface area contributed by atoms with E-state index >= 15 is 0 Å². The molecular weight excluding hydrogens is 334 g/mol. The van der Waals surface area contributed by atoms with Crippen molar-refractivity contribution in [1.82, 2.24) is 4.90 Å². The number of rotatable bonds is 6. The van der Waals surface area contributed by atoms with Gasteiger partial charge in [0.25, 0.3) is 0 Å². The molecule has 2 aromatic rings. The average molecular weight is 359 g/mol. The SMILES string of the molecule is CC(C)(C)OC(=O)N(COc1ccc(N)cc1)COc1ccc(N)cc1. The van der Waals surface area contributed by atoms with Crippen LogP contribution in [0.15, 0.2) is 48.5 Å². The molecule has 0 heterocycles. The Hall–Kier alpha value is -3.09. The predicted octanol–water partition coefficient (Wildman–Crippen LogP) is 3.46. The summed E-state index contributed by atoms with van der Waals surface area (Å²) in [4.78, 5) is 13.7. The van der Waals surface area contributed by atoms with Gasteiger partial charge in [-0.05, 0) is 69.3 Å². The van der Waals surface area contributed by atoms with Gasteiger partial charge in [-0.1, -0.05) is 0 Å². The van der Waals surface area contributed by atoms with Gasteiger partial charge in [0.1, 0.15) is 17.1 Å². The molecule has 0 fully saturated rings. The maximum Gasteiger partial charge on any atom is 0.415 e. The highest BCUT2D eigenvalue weighted by Gasteiger charge is 2.23. The zero-order valence-corrected chi connectivity index (χ0v) is 15.3. The Kier molecular flexibility index (Phi) is 6.16. The van der Waals surface area contributed by atoms with E-state index in [2.05, 4.69) is 0 Å². The summed E-state index contributed by atoms with van der Waals surface area (Å²) in [5.41, 5.74) is 11.9. The number of carbonyl (C=O) groups is 1. The number of carbonyl (C=O) groups excluding carboxylic acids is 1. The number of amides is 1. The lowest BCUT2D eigenvalue weighted by molar-refractivity contribution is -0.00960. The summed E-state index contributed by atoms with van der Waals surface area (Å²) in [6.45, 7) is 5.32. The molecule has 0 spiro atoms. The van der Waals surface area contributed by atoms with Gasteiger partial charge >= 0.3 is 6.09 Å². The number of nitrogen functional groups attached to an aromatic ring is 2. The van der Waals surface area contributed by atoms with Gasteiger partial charge in [-0.25, -0.2) is 9.69 Å². The highest BCUT2D eigenvalue weighted by atomic mass is 16.6. The first kappa shape index (κ1) is 19.2. The van der Waals surface area contributed by atoms with Gasteiger partial charge in [0.15, 0.2) is 13.5 Å². The summed E-state index contributed by atoms with van der Waals surface area (Å²) in [7, 11) is 0. The molecule has 4 N–H and O–H groups in total. The summed E-state index contributed by atoms with van der Waals surface area (Å²) in [5.74, 6) is 1.17. The molecular formula is C19H25N3O4. The van der Waals surface area contributed by atoms with Crippen LogP contribution in [0, 0.1) is 0 Å². The first-order chi connectivity index (χ1) is 12.2. The molecule has 0 aromatic heterocycles. The Morgan fingerprint density at radius 2 is 1.23 bits per heavy atom. The molecule has 2 rings (SSSR count). The Morgan fingerprint density at radius 1 is 0.846 bits per heavy atom. The molecule has 0 saturated carbocycles. The second-order valence-corrected chi connectivity index (χ2v) is 6.71. The van der Waals surface area contributed by atoms with E-state index in [1.54, 1.807) is 69.3 Å². The van der Waals surface area contributed by atoms with Crippen LogP contribution in [0.1, 0.15) is 20.8 Å². The standard InChI is InChI=1S/C19H25N3O4/c1-19(2,3)26-18(23)22(12-24-16-8-4-14(20)5-9-16)13-25-17-10-6-15(21)7-11-17/h4-11H,12-13,20-21H2,1-3H3. The molecule has 0 aliphatic heterocycles. The quantitative estimate of drug-likeness (QED) is 0.605. The van der Waals surface area contributed by atoms with E-state index in [4.69, 9.17) is 25.7 Å². The number of anilines is 2. The zero-order chi connectivity index (χ0) is 19.2. The van der Waals surface area contributed by atoms with Crippen LogP contribution >= 0.6 is 0 Å². The monoisotopic (exact) mass is 359 g/mol. The van der Waals surface area contributed by atoms with E-state index in [1.807, 2.05) is 0 Å². The van der Waals surface area contributed by atoms with Gasteiger partial charge in [-0.2, -0.15) is 0 Å². The smallest absolute Gasteiger partial charge is 0.415 e. The second-order valence-electron chi connectivity index (χ2n) is 6.71. The molecule has 26 heavy (non-hydrogen) atoms. The van der Waals surface area contributed by atoms with E-state index in [-0.39, 0.29) is 13.5 Å². The molecule has 140 valence electrons. The van der Waals surface area contributed by atoms with Crippen molar-refractivity contribution < 1.29 is 19.0 Å². The molecule has 7 nitrogen and oxygen atoms in total. The number of hydrogen-bond donors (Lipinski definition) is 2. The van der Waals surface area contributed by atoms with E-state index in [9.17, 15) is 4.79 Å². The summed E-state index contributed by atoms with van der Waals surface area (Å²) in [5, 5.41) is 0. The van der Waals surface area contributed by atoms with E-state index in [0.717, 1.165) is 0 Å². The molecule has 0 bridgehead atoms. The van der Waals surface area contributed by atoms with Crippen molar-refractivity contribution in [2.75, 3.05) is 24.9 Å². The molecule has 0 radical (unpaired) electrons. The van der Waals surface area contributed by atoms with Gasteiger partial charge in [0.2, 0.25) is 0 Å². The average Bonchev–Trinajstić information content (AvgIpc) is 2.56. The molecule has 0 saturated heterocycles. The summed E-state index contributed by atoms with van der Waals surface area (Å²) in [6, 6.07) is 13.8. The first-order valence-corrected chi connectivity index (χ1v) is 8.17. The van der Waals surface area contributed by atoms with E-state index in [1.165, 1.54) is 4.90 Å². The summed E-state index contributed by atoms with van der Waals surface area (Å²) < 4.78 is 16.7. The minimum atomic E-state index is -0.627. The first-order valence-electron chi connectivity index (χ1n) is 8.17. The maximum absolute atomic E-state index is 12.4. The summed E-state index contributed by atoms with van der Waals surface area (Å²) in [6.07, 6.45) is -0.539. The molecule has 1 amide bonds. The highest BCUT2D eigenvalue weighted by molar-refractivity contribution is 5.67. The van der Waals surface area contributed by atoms with Crippen molar-refractivity contribution in [3.8, 4) is 11.5 Å². The molecule has 0 atom stereocenters. The third-order valence-electron chi connectivity index (χ3n) is 3.19. The second kappa shape index (κ2) is 8.33. The fraction of sp³-hybridized carbons (Fsp3) is 0.316. The largest absolute Gasteiger partial charge is 0.473 e. The van der Waals surface area contributed by atoms with Gasteiger partial charge in [0, 0.05) is 11.4 Å². The molecule has 0 unspecified atom stereocenters. The van der Waals surface area contributed by atoms with Crippen molar-refractivity contribution in [3.05, 3.63) is 48.5 Å². The van der Waals surface area contributed by atoms with Gasteiger partial charge < -0.3 is 25.7 Å². The van der Waals surface area contributed by atoms with E-state index < -0.39 is 11.7 Å². The maximum atomic E-state index is 12.4. The molecule has 0 aliphatic rings. The fourth-order valence-electron chi connectivity index (χ4n) is 1.90. The van der Waals surface area contributed by atoms with Gasteiger partial charge in [-0.15, -0.1) is 0 Å². The predicted molar refractivity (Wildman–Crippen MR) is 101 cm³/mol. The Balaban J connectivity index is 2.01. The minimum Gasteiger partial charge on any atom is -0.473 e. The Bertz CT molecular complexity index is 660. The highest BCUT2D eigenvalue weighted by Crippen LogP contribution is 2.17. The number of nitrogens with zero attached hydrogens (tertiary/aromatic N) is 1. The third-order valence-corrected chi connectivity index (χ3v) is 3.19. The fourth-order valence-corrected chi connectivity index (χ4v) is 1.90. The van der Waals surface area contributed by atoms with Crippen molar-refractivity contribution >= 4 is 17.5 Å². The third kappa shape index (κ3) is 6.43. The van der Waals surface area contributed by atoms with Crippen LogP contribution < -0.4 is 20.9 Å². The minimum absolute atomic E-state index is 0.0339. The van der Waals surface area contributed by atoms with Crippen LogP contribution in [0.2, 0.25) is 0 Å². The van der Waals surface area contributed by atoms with Crippen LogP contribution in [0.5, 0.6) is 11.5 Å². The van der Waals surface area contributed by atoms with Gasteiger partial charge in [-0.3, -0.25) is 0 Å². The van der Waals surface area contributed by atoms with Gasteiger partial charge in [0.05, 0.1) is 0 Å². The molecule has 7 heteroatoms. The topological polar surface area (TPSA) is 100 Å². The lowest BCUT2D eigenvalue weighted by Crippen LogP contribution is -2.41. The van der Waals surface area contributed by atoms with Crippen LogP contribution in [-0.2, 0) is 4.74 Å². The van der Waals surface area contributed by atoms with Crippen molar-refractivity contribution in [3.63, 3.8) is 0 Å². The lowest BCUT2D eigenvalue weighted by Gasteiger charge is -2.27. The van der Waals surface area contributed by atoms with Crippen LogP contribution in [-0.4, -0.2) is 30.1 Å². The number of hydrogen-bond acceptors (Lipinski definition) is 6. The lowest BCUT2D eigenvalue weighted by atomic mass is 10.2. The number of ether oxygens (including phenoxy) is 3. The number of nitrogens with two attached hydrogens (primary N) is 2. The van der Waals surface area contributed by atoms with Crippen molar-refractivity contribution in [2.24, 2.45) is 0 Å². The van der Waals surface area contributed by atoms with Crippen LogP contribution in [0.4, 0.5) is 16.2 Å². The Morgan fingerprint density at radius 3 is 1.58 bits per heavy atom. The Labute approximate surface area is 153 Å². The number of benzene rings is 2. The molecule has 2 aromatic carbocycles. The van der Waals surface area contributed by atoms with Crippen molar-refractivity contribution in [1.29, 1.82) is 0 Å². The van der Waals surface area contributed by atoms with Crippen molar-refractivity contribution in [2.45, 2.75) is 26.4 Å². The zero-order valence-electron chi connectivity index (χ0n) is 15.3. The normalized spacial score (nSPS) is 10.9. The van der Waals surface area contributed by atoms with Crippen LogP contribution in [0.3, 0.4) is 0 Å².